The number of hydrogen-bond acceptors (Lipinski definition) is 4. The highest BCUT2D eigenvalue weighted by atomic mass is 16.5. The number of hydrogen-bond donors (Lipinski definition) is 1. The molecule has 0 aromatic carbocycles. The predicted octanol–water partition coefficient (Wildman–Crippen LogP) is 0.648. The molecule has 104 valence electrons. The molecule has 2 saturated heterocycles. The van der Waals surface area contributed by atoms with Gasteiger partial charge in [-0.25, -0.2) is 0 Å². The second-order valence-electron chi connectivity index (χ2n) is 5.27. The maximum Gasteiger partial charge on any atom is 0.304 e. The van der Waals surface area contributed by atoms with Crippen LogP contribution in [0.5, 0.6) is 0 Å². The monoisotopic (exact) mass is 256 g/mol. The summed E-state index contributed by atoms with van der Waals surface area (Å²) in [5.74, 6) is -0.701. The summed E-state index contributed by atoms with van der Waals surface area (Å²) in [5.41, 5.74) is 0. The van der Waals surface area contributed by atoms with Crippen LogP contribution in [0.4, 0.5) is 0 Å². The molecule has 2 fully saturated rings. The third kappa shape index (κ3) is 4.55. The molecule has 18 heavy (non-hydrogen) atoms. The van der Waals surface area contributed by atoms with Gasteiger partial charge in [0.05, 0.1) is 12.5 Å². The molecule has 0 aliphatic carbocycles. The summed E-state index contributed by atoms with van der Waals surface area (Å²) in [6, 6.07) is 0. The van der Waals surface area contributed by atoms with E-state index in [4.69, 9.17) is 9.84 Å². The molecule has 0 bridgehead atoms. The van der Waals surface area contributed by atoms with Crippen LogP contribution < -0.4 is 0 Å². The quantitative estimate of drug-likeness (QED) is 0.782. The van der Waals surface area contributed by atoms with Gasteiger partial charge in [-0.15, -0.1) is 0 Å². The SMILES string of the molecule is O=C(O)CCN1CCN(CC2CCCCO2)CC1. The first-order valence-electron chi connectivity index (χ1n) is 7.02. The van der Waals surface area contributed by atoms with Crippen molar-refractivity contribution in [2.75, 3.05) is 45.9 Å². The maximum atomic E-state index is 10.5. The summed E-state index contributed by atoms with van der Waals surface area (Å²) in [6.45, 7) is 6.71. The molecule has 0 aromatic heterocycles. The van der Waals surface area contributed by atoms with E-state index in [1.54, 1.807) is 0 Å². The lowest BCUT2D eigenvalue weighted by atomic mass is 10.1. The largest absolute Gasteiger partial charge is 0.481 e. The lowest BCUT2D eigenvalue weighted by Gasteiger charge is -2.36. The Morgan fingerprint density at radius 2 is 1.89 bits per heavy atom. The highest BCUT2D eigenvalue weighted by Crippen LogP contribution is 2.14. The van der Waals surface area contributed by atoms with E-state index in [0.29, 0.717) is 12.6 Å². The molecule has 0 radical (unpaired) electrons. The molecular weight excluding hydrogens is 232 g/mol. The highest BCUT2D eigenvalue weighted by Gasteiger charge is 2.21. The molecule has 2 heterocycles. The molecule has 5 nitrogen and oxygen atoms in total. The van der Waals surface area contributed by atoms with Crippen molar-refractivity contribution in [3.05, 3.63) is 0 Å². The molecule has 5 heteroatoms. The minimum Gasteiger partial charge on any atom is -0.481 e. The Morgan fingerprint density at radius 1 is 1.17 bits per heavy atom. The minimum absolute atomic E-state index is 0.256. The first-order chi connectivity index (χ1) is 8.74. The normalized spacial score (nSPS) is 27.2. The minimum atomic E-state index is -0.701. The summed E-state index contributed by atoms with van der Waals surface area (Å²) in [4.78, 5) is 15.2. The maximum absolute atomic E-state index is 10.5. The number of carbonyl (C=O) groups is 1. The number of piperazine rings is 1. The number of rotatable bonds is 5. The van der Waals surface area contributed by atoms with E-state index < -0.39 is 5.97 Å². The predicted molar refractivity (Wildman–Crippen MR) is 68.7 cm³/mol. The zero-order valence-electron chi connectivity index (χ0n) is 11.0. The Balaban J connectivity index is 1.62. The van der Waals surface area contributed by atoms with Gasteiger partial charge in [-0.05, 0) is 19.3 Å². The van der Waals surface area contributed by atoms with E-state index in [9.17, 15) is 4.79 Å². The summed E-state index contributed by atoms with van der Waals surface area (Å²) >= 11 is 0. The van der Waals surface area contributed by atoms with Crippen molar-refractivity contribution in [3.63, 3.8) is 0 Å². The van der Waals surface area contributed by atoms with Gasteiger partial charge in [0.2, 0.25) is 0 Å². The summed E-state index contributed by atoms with van der Waals surface area (Å²) < 4.78 is 5.75. The molecule has 2 rings (SSSR count). The fourth-order valence-electron chi connectivity index (χ4n) is 2.69. The molecule has 1 N–H and O–H groups in total. The van der Waals surface area contributed by atoms with Gasteiger partial charge < -0.3 is 14.7 Å². The van der Waals surface area contributed by atoms with E-state index in [0.717, 1.165) is 39.3 Å². The first kappa shape index (κ1) is 13.8. The molecule has 0 aromatic rings. The van der Waals surface area contributed by atoms with Gasteiger partial charge in [-0.3, -0.25) is 9.69 Å². The van der Waals surface area contributed by atoms with E-state index in [1.165, 1.54) is 19.3 Å². The van der Waals surface area contributed by atoms with Crippen molar-refractivity contribution in [2.24, 2.45) is 0 Å². The average Bonchev–Trinajstić information content (AvgIpc) is 2.39. The molecule has 1 unspecified atom stereocenters. The number of carboxylic acids is 1. The van der Waals surface area contributed by atoms with Crippen LogP contribution in [0, 0.1) is 0 Å². The van der Waals surface area contributed by atoms with Gasteiger partial charge in [0.25, 0.3) is 0 Å². The fourth-order valence-corrected chi connectivity index (χ4v) is 2.69. The van der Waals surface area contributed by atoms with Crippen LogP contribution in [-0.4, -0.2) is 72.9 Å². The van der Waals surface area contributed by atoms with Gasteiger partial charge in [0, 0.05) is 45.9 Å². The number of nitrogens with zero attached hydrogens (tertiary/aromatic N) is 2. The molecule has 1 atom stereocenters. The number of aliphatic carboxylic acids is 1. The van der Waals surface area contributed by atoms with Gasteiger partial charge in [-0.2, -0.15) is 0 Å². The molecule has 0 amide bonds. The molecule has 2 aliphatic heterocycles. The van der Waals surface area contributed by atoms with E-state index >= 15 is 0 Å². The van der Waals surface area contributed by atoms with Crippen LogP contribution in [0.25, 0.3) is 0 Å². The second kappa shape index (κ2) is 7.07. The van der Waals surface area contributed by atoms with Gasteiger partial charge in [0.15, 0.2) is 0 Å². The molecule has 2 aliphatic rings. The molecular formula is C13H24N2O3. The van der Waals surface area contributed by atoms with Crippen LogP contribution in [0.1, 0.15) is 25.7 Å². The Kier molecular flexibility index (Phi) is 5.41. The lowest BCUT2D eigenvalue weighted by molar-refractivity contribution is -0.137. The second-order valence-corrected chi connectivity index (χ2v) is 5.27. The third-order valence-electron chi connectivity index (χ3n) is 3.84. The Morgan fingerprint density at radius 3 is 2.50 bits per heavy atom. The molecule has 0 saturated carbocycles. The summed E-state index contributed by atoms with van der Waals surface area (Å²) in [5, 5.41) is 8.66. The average molecular weight is 256 g/mol. The van der Waals surface area contributed by atoms with E-state index in [2.05, 4.69) is 9.80 Å². The van der Waals surface area contributed by atoms with E-state index in [1.807, 2.05) is 0 Å². The Labute approximate surface area is 109 Å². The summed E-state index contributed by atoms with van der Waals surface area (Å²) in [6.07, 6.45) is 4.37. The van der Waals surface area contributed by atoms with E-state index in [-0.39, 0.29) is 6.42 Å². The Hall–Kier alpha value is -0.650. The van der Waals surface area contributed by atoms with Crippen molar-refractivity contribution in [1.29, 1.82) is 0 Å². The third-order valence-corrected chi connectivity index (χ3v) is 3.84. The summed E-state index contributed by atoms with van der Waals surface area (Å²) in [7, 11) is 0. The van der Waals surface area contributed by atoms with Crippen molar-refractivity contribution < 1.29 is 14.6 Å². The van der Waals surface area contributed by atoms with Crippen LogP contribution >= 0.6 is 0 Å². The lowest BCUT2D eigenvalue weighted by Crippen LogP contribution is -2.49. The Bertz CT molecular complexity index is 259. The fraction of sp³-hybridized carbons (Fsp3) is 0.923. The van der Waals surface area contributed by atoms with Crippen molar-refractivity contribution in [1.82, 2.24) is 9.80 Å². The van der Waals surface area contributed by atoms with Crippen LogP contribution in [0.2, 0.25) is 0 Å². The van der Waals surface area contributed by atoms with Crippen molar-refractivity contribution in [2.45, 2.75) is 31.8 Å². The molecule has 0 spiro atoms. The van der Waals surface area contributed by atoms with Gasteiger partial charge in [0.1, 0.15) is 0 Å². The topological polar surface area (TPSA) is 53.0 Å². The van der Waals surface area contributed by atoms with Crippen molar-refractivity contribution in [3.8, 4) is 0 Å². The van der Waals surface area contributed by atoms with Crippen LogP contribution in [-0.2, 0) is 9.53 Å². The highest BCUT2D eigenvalue weighted by molar-refractivity contribution is 5.66. The van der Waals surface area contributed by atoms with Crippen LogP contribution in [0.15, 0.2) is 0 Å². The van der Waals surface area contributed by atoms with Crippen molar-refractivity contribution >= 4 is 5.97 Å². The number of ether oxygens (including phenoxy) is 1. The first-order valence-corrected chi connectivity index (χ1v) is 7.02. The smallest absolute Gasteiger partial charge is 0.304 e. The van der Waals surface area contributed by atoms with Gasteiger partial charge >= 0.3 is 5.97 Å². The standard InChI is InChI=1S/C13H24N2O3/c16-13(17)4-5-14-6-8-15(9-7-14)11-12-3-1-2-10-18-12/h12H,1-11H2,(H,16,17). The number of carboxylic acid groups (broad SMARTS) is 1. The zero-order valence-corrected chi connectivity index (χ0v) is 11.0. The zero-order chi connectivity index (χ0) is 12.8. The van der Waals surface area contributed by atoms with Gasteiger partial charge in [-0.1, -0.05) is 0 Å². The van der Waals surface area contributed by atoms with Crippen LogP contribution in [0.3, 0.4) is 0 Å².